The van der Waals surface area contributed by atoms with Crippen molar-refractivity contribution in [2.45, 2.75) is 51.6 Å². The first-order valence-electron chi connectivity index (χ1n) is 12.1. The first-order chi connectivity index (χ1) is 15.7. The van der Waals surface area contributed by atoms with Crippen molar-refractivity contribution in [3.63, 3.8) is 0 Å². The summed E-state index contributed by atoms with van der Waals surface area (Å²) in [6.07, 6.45) is 7.34. The number of rotatable bonds is 10. The van der Waals surface area contributed by atoms with Crippen molar-refractivity contribution in [3.05, 3.63) is 45.8 Å². The molecule has 0 bridgehead atoms. The van der Waals surface area contributed by atoms with E-state index in [0.717, 1.165) is 65.9 Å². The standard InChI is InChI=1S/C26H35N3O2S/c1-28(2)17-23-25(30-18-20-5-6-20)10-8-22-24(27-31-26(22)23)9-7-19-11-13-29(14-12-19)16-21-4-3-15-32-21/h3-4,8,10,15,19-20H,5-7,9,11-14,16-18H2,1-2H3. The number of benzene rings is 1. The maximum absolute atomic E-state index is 6.16. The third-order valence-corrected chi connectivity index (χ3v) is 7.74. The van der Waals surface area contributed by atoms with Crippen molar-refractivity contribution in [2.75, 3.05) is 33.8 Å². The number of ether oxygens (including phenoxy) is 1. The summed E-state index contributed by atoms with van der Waals surface area (Å²) in [4.78, 5) is 6.25. The van der Waals surface area contributed by atoms with Crippen LogP contribution in [0.25, 0.3) is 11.0 Å². The van der Waals surface area contributed by atoms with Crippen LogP contribution < -0.4 is 4.74 Å². The molecular formula is C26H35N3O2S. The number of piperidine rings is 1. The molecule has 0 atom stereocenters. The van der Waals surface area contributed by atoms with E-state index < -0.39 is 0 Å². The van der Waals surface area contributed by atoms with Crippen LogP contribution in [0.15, 0.2) is 34.2 Å². The summed E-state index contributed by atoms with van der Waals surface area (Å²) in [5.74, 6) is 2.47. The summed E-state index contributed by atoms with van der Waals surface area (Å²) >= 11 is 1.87. The van der Waals surface area contributed by atoms with Crippen LogP contribution in [0.4, 0.5) is 0 Å². The van der Waals surface area contributed by atoms with Gasteiger partial charge in [0.05, 0.1) is 17.9 Å². The van der Waals surface area contributed by atoms with E-state index in [1.807, 2.05) is 11.3 Å². The average Bonchev–Trinajstić information content (AvgIpc) is 3.30. The van der Waals surface area contributed by atoms with Crippen molar-refractivity contribution in [2.24, 2.45) is 11.8 Å². The molecule has 6 heteroatoms. The molecule has 2 aliphatic rings. The zero-order chi connectivity index (χ0) is 21.9. The molecule has 2 aromatic heterocycles. The third-order valence-electron chi connectivity index (χ3n) is 6.88. The predicted molar refractivity (Wildman–Crippen MR) is 130 cm³/mol. The zero-order valence-corrected chi connectivity index (χ0v) is 20.2. The van der Waals surface area contributed by atoms with Crippen LogP contribution in [-0.4, -0.2) is 48.7 Å². The highest BCUT2D eigenvalue weighted by Gasteiger charge is 2.24. The molecule has 1 aliphatic carbocycles. The molecule has 1 saturated carbocycles. The number of fused-ring (bicyclic) bond motifs is 1. The molecule has 5 rings (SSSR count). The minimum atomic E-state index is 0.736. The molecule has 32 heavy (non-hydrogen) atoms. The molecule has 0 radical (unpaired) electrons. The Labute approximate surface area is 195 Å². The molecule has 3 aromatic rings. The average molecular weight is 454 g/mol. The smallest absolute Gasteiger partial charge is 0.175 e. The first kappa shape index (κ1) is 21.9. The van der Waals surface area contributed by atoms with E-state index >= 15 is 0 Å². The fraction of sp³-hybridized carbons (Fsp3) is 0.577. The van der Waals surface area contributed by atoms with Crippen LogP contribution >= 0.6 is 11.3 Å². The number of thiophene rings is 1. The highest BCUT2D eigenvalue weighted by atomic mass is 32.1. The number of aryl methyl sites for hydroxylation is 1. The molecule has 1 aliphatic heterocycles. The summed E-state index contributed by atoms with van der Waals surface area (Å²) in [7, 11) is 4.18. The highest BCUT2D eigenvalue weighted by Crippen LogP contribution is 2.35. The van der Waals surface area contributed by atoms with Gasteiger partial charge in [0.1, 0.15) is 5.75 Å². The molecule has 0 amide bonds. The molecule has 1 saturated heterocycles. The molecular weight excluding hydrogens is 418 g/mol. The maximum atomic E-state index is 6.16. The quantitative estimate of drug-likeness (QED) is 0.401. The van der Waals surface area contributed by atoms with E-state index in [0.29, 0.717) is 0 Å². The van der Waals surface area contributed by atoms with Gasteiger partial charge in [0.2, 0.25) is 0 Å². The summed E-state index contributed by atoms with van der Waals surface area (Å²) in [5.41, 5.74) is 3.15. The largest absolute Gasteiger partial charge is 0.493 e. The Hall–Kier alpha value is -1.89. The van der Waals surface area contributed by atoms with Gasteiger partial charge >= 0.3 is 0 Å². The Morgan fingerprint density at radius 2 is 1.97 bits per heavy atom. The molecule has 2 fully saturated rings. The van der Waals surface area contributed by atoms with Gasteiger partial charge in [0.25, 0.3) is 0 Å². The van der Waals surface area contributed by atoms with Gasteiger partial charge in [0, 0.05) is 23.4 Å². The van der Waals surface area contributed by atoms with Crippen LogP contribution in [-0.2, 0) is 19.5 Å². The van der Waals surface area contributed by atoms with E-state index in [1.165, 1.54) is 50.1 Å². The molecule has 1 aromatic carbocycles. The number of likely N-dealkylation sites (tertiary alicyclic amines) is 1. The number of aromatic nitrogens is 1. The van der Waals surface area contributed by atoms with E-state index in [9.17, 15) is 0 Å². The van der Waals surface area contributed by atoms with Gasteiger partial charge in [-0.25, -0.2) is 0 Å². The van der Waals surface area contributed by atoms with Crippen LogP contribution in [0, 0.1) is 11.8 Å². The predicted octanol–water partition coefficient (Wildman–Crippen LogP) is 5.58. The Bertz CT molecular complexity index is 1000. The second kappa shape index (κ2) is 9.94. The molecule has 0 spiro atoms. The number of hydrogen-bond donors (Lipinski definition) is 0. The van der Waals surface area contributed by atoms with Gasteiger partial charge < -0.3 is 14.2 Å². The van der Waals surface area contributed by atoms with E-state index in [2.05, 4.69) is 58.7 Å². The van der Waals surface area contributed by atoms with Crippen molar-refractivity contribution in [3.8, 4) is 5.75 Å². The van der Waals surface area contributed by atoms with E-state index in [1.54, 1.807) is 0 Å². The molecule has 5 nitrogen and oxygen atoms in total. The van der Waals surface area contributed by atoms with Gasteiger partial charge in [-0.3, -0.25) is 4.90 Å². The van der Waals surface area contributed by atoms with Crippen LogP contribution in [0.1, 0.15) is 48.2 Å². The van der Waals surface area contributed by atoms with Crippen LogP contribution in [0.3, 0.4) is 0 Å². The Morgan fingerprint density at radius 1 is 1.12 bits per heavy atom. The van der Waals surface area contributed by atoms with Crippen molar-refractivity contribution >= 4 is 22.3 Å². The van der Waals surface area contributed by atoms with Crippen molar-refractivity contribution < 1.29 is 9.26 Å². The summed E-state index contributed by atoms with van der Waals surface area (Å²) in [6, 6.07) is 8.69. The van der Waals surface area contributed by atoms with Gasteiger partial charge in [0.15, 0.2) is 5.58 Å². The normalized spacial score (nSPS) is 18.1. The summed E-state index contributed by atoms with van der Waals surface area (Å²) in [5, 5.41) is 7.84. The topological polar surface area (TPSA) is 41.7 Å². The lowest BCUT2D eigenvalue weighted by Gasteiger charge is -2.31. The fourth-order valence-electron chi connectivity index (χ4n) is 4.76. The maximum Gasteiger partial charge on any atom is 0.175 e. The summed E-state index contributed by atoms with van der Waals surface area (Å²) < 4.78 is 12.1. The monoisotopic (exact) mass is 453 g/mol. The second-order valence-electron chi connectivity index (χ2n) is 9.88. The SMILES string of the molecule is CN(C)Cc1c(OCC2CC2)ccc2c(CCC3CCN(Cc4cccs4)CC3)noc12. The Morgan fingerprint density at radius 3 is 2.69 bits per heavy atom. The van der Waals surface area contributed by atoms with Crippen molar-refractivity contribution in [1.29, 1.82) is 0 Å². The molecule has 3 heterocycles. The lowest BCUT2D eigenvalue weighted by molar-refractivity contribution is 0.173. The number of nitrogens with zero attached hydrogens (tertiary/aromatic N) is 3. The lowest BCUT2D eigenvalue weighted by atomic mass is 9.91. The van der Waals surface area contributed by atoms with E-state index in [-0.39, 0.29) is 0 Å². The molecule has 0 unspecified atom stereocenters. The Balaban J connectivity index is 1.21. The minimum Gasteiger partial charge on any atom is -0.493 e. The van der Waals surface area contributed by atoms with Gasteiger partial charge in [-0.2, -0.15) is 0 Å². The second-order valence-corrected chi connectivity index (χ2v) is 10.9. The van der Waals surface area contributed by atoms with Crippen LogP contribution in [0.2, 0.25) is 0 Å². The molecule has 0 N–H and O–H groups in total. The van der Waals surface area contributed by atoms with E-state index in [4.69, 9.17) is 9.26 Å². The Kier molecular flexibility index (Phi) is 6.81. The first-order valence-corrected chi connectivity index (χ1v) is 13.0. The third kappa shape index (κ3) is 5.36. The number of hydrogen-bond acceptors (Lipinski definition) is 6. The van der Waals surface area contributed by atoms with Crippen LogP contribution in [0.5, 0.6) is 5.75 Å². The van der Waals surface area contributed by atoms with Gasteiger partial charge in [-0.05, 0) is 101 Å². The molecule has 172 valence electrons. The zero-order valence-electron chi connectivity index (χ0n) is 19.4. The summed E-state index contributed by atoms with van der Waals surface area (Å²) in [6.45, 7) is 5.14. The minimum absolute atomic E-state index is 0.736. The lowest BCUT2D eigenvalue weighted by Crippen LogP contribution is -2.33. The highest BCUT2D eigenvalue weighted by molar-refractivity contribution is 7.09. The van der Waals surface area contributed by atoms with Crippen molar-refractivity contribution in [1.82, 2.24) is 15.0 Å². The fourth-order valence-corrected chi connectivity index (χ4v) is 5.51. The van der Waals surface area contributed by atoms with Gasteiger partial charge in [-0.15, -0.1) is 11.3 Å². The van der Waals surface area contributed by atoms with Gasteiger partial charge in [-0.1, -0.05) is 11.2 Å².